The van der Waals surface area contributed by atoms with E-state index in [1.165, 1.54) is 23.9 Å². The second-order valence-corrected chi connectivity index (χ2v) is 4.87. The normalized spacial score (nSPS) is 10.5. The quantitative estimate of drug-likeness (QED) is 0.420. The predicted molar refractivity (Wildman–Crippen MR) is 71.6 cm³/mol. The molecule has 1 aromatic carbocycles. The number of benzene rings is 1. The van der Waals surface area contributed by atoms with Gasteiger partial charge in [0.25, 0.3) is 0 Å². The summed E-state index contributed by atoms with van der Waals surface area (Å²) in [6.45, 7) is 0. The van der Waals surface area contributed by atoms with Crippen molar-refractivity contribution in [1.29, 1.82) is 5.41 Å². The maximum absolute atomic E-state index is 13.8. The molecule has 1 heterocycles. The van der Waals surface area contributed by atoms with Crippen LogP contribution >= 0.6 is 11.8 Å². The number of aromatic nitrogens is 3. The monoisotopic (exact) mass is 295 g/mol. The highest BCUT2D eigenvalue weighted by Gasteiger charge is 2.11. The van der Waals surface area contributed by atoms with Crippen LogP contribution < -0.4 is 16.9 Å². The molecule has 0 bridgehead atoms. The number of amidine groups is 1. The Hall–Kier alpha value is -2.42. The predicted octanol–water partition coefficient (Wildman–Crippen LogP) is 0.0430. The molecular formula is C11H10FN5O2S. The van der Waals surface area contributed by atoms with Crippen molar-refractivity contribution < 1.29 is 4.39 Å². The lowest BCUT2D eigenvalue weighted by Gasteiger charge is -2.07. The average molecular weight is 295 g/mol. The number of H-pyrrole nitrogens is 1. The topological polar surface area (TPSA) is 118 Å². The number of nitrogen functional groups attached to an aromatic ring is 1. The zero-order valence-corrected chi connectivity index (χ0v) is 11.1. The molecule has 0 radical (unpaired) electrons. The third kappa shape index (κ3) is 2.77. The lowest BCUT2D eigenvalue weighted by Crippen LogP contribution is -2.33. The molecule has 2 rings (SSSR count). The van der Waals surface area contributed by atoms with Gasteiger partial charge in [0.15, 0.2) is 5.16 Å². The van der Waals surface area contributed by atoms with E-state index in [1.54, 1.807) is 0 Å². The molecule has 20 heavy (non-hydrogen) atoms. The molecule has 1 aromatic heterocycles. The van der Waals surface area contributed by atoms with Crippen LogP contribution in [0.25, 0.3) is 0 Å². The number of nitrogens with zero attached hydrogens (tertiary/aromatic N) is 2. The fourth-order valence-corrected chi connectivity index (χ4v) is 2.20. The van der Waals surface area contributed by atoms with Crippen LogP contribution in [0.1, 0.15) is 5.56 Å². The second kappa shape index (κ2) is 5.29. The lowest BCUT2D eigenvalue weighted by molar-refractivity contribution is 0.587. The van der Waals surface area contributed by atoms with E-state index in [-0.39, 0.29) is 21.5 Å². The molecule has 0 aliphatic heterocycles. The minimum Gasteiger partial charge on any atom is -0.384 e. The van der Waals surface area contributed by atoms with E-state index < -0.39 is 16.9 Å². The molecule has 0 aliphatic rings. The fraction of sp³-hybridized carbons (Fsp3) is 0.0909. The summed E-state index contributed by atoms with van der Waals surface area (Å²) in [7, 11) is 1.48. The number of rotatable bonds is 3. The van der Waals surface area contributed by atoms with Crippen LogP contribution in [0.4, 0.5) is 4.39 Å². The van der Waals surface area contributed by atoms with Crippen molar-refractivity contribution in [1.82, 2.24) is 14.8 Å². The van der Waals surface area contributed by atoms with E-state index in [2.05, 4.69) is 10.1 Å². The van der Waals surface area contributed by atoms with Crippen LogP contribution in [-0.2, 0) is 7.05 Å². The summed E-state index contributed by atoms with van der Waals surface area (Å²) in [5.74, 6) is -0.835. The number of aryl methyl sites for hydroxylation is 1. The molecule has 7 nitrogen and oxygen atoms in total. The van der Waals surface area contributed by atoms with Gasteiger partial charge < -0.3 is 5.73 Å². The van der Waals surface area contributed by atoms with E-state index in [0.717, 1.165) is 17.8 Å². The van der Waals surface area contributed by atoms with Crippen molar-refractivity contribution in [3.05, 3.63) is 50.3 Å². The third-order valence-corrected chi connectivity index (χ3v) is 3.49. The van der Waals surface area contributed by atoms with Crippen LogP contribution in [0, 0.1) is 11.2 Å². The van der Waals surface area contributed by atoms with E-state index in [1.807, 2.05) is 0 Å². The Labute approximate surface area is 116 Å². The highest BCUT2D eigenvalue weighted by Crippen LogP contribution is 2.27. The van der Waals surface area contributed by atoms with Gasteiger partial charge in [-0.05, 0) is 30.0 Å². The summed E-state index contributed by atoms with van der Waals surface area (Å²) in [6.07, 6.45) is 0. The molecule has 0 aliphatic carbocycles. The van der Waals surface area contributed by atoms with Crippen molar-refractivity contribution in [2.75, 3.05) is 0 Å². The standard InChI is InChI=1S/C11H10FN5O2S/c1-17-11(15-9(18)10(19)16-17)20-7-3-2-5(8(13)14)4-6(7)12/h2-4H,1H3,(H3,13,14)(H,16,19). The summed E-state index contributed by atoms with van der Waals surface area (Å²) in [5.41, 5.74) is 3.74. The largest absolute Gasteiger partial charge is 0.384 e. The first-order valence-corrected chi connectivity index (χ1v) is 6.19. The van der Waals surface area contributed by atoms with E-state index in [4.69, 9.17) is 11.1 Å². The van der Waals surface area contributed by atoms with Gasteiger partial charge in [-0.2, -0.15) is 4.98 Å². The van der Waals surface area contributed by atoms with Crippen molar-refractivity contribution in [2.45, 2.75) is 10.1 Å². The van der Waals surface area contributed by atoms with E-state index in [9.17, 15) is 14.0 Å². The minimum atomic E-state index is -0.939. The Morgan fingerprint density at radius 3 is 2.80 bits per heavy atom. The Bertz CT molecular complexity index is 798. The van der Waals surface area contributed by atoms with Gasteiger partial charge in [-0.25, -0.2) is 4.39 Å². The van der Waals surface area contributed by atoms with Crippen molar-refractivity contribution in [3.8, 4) is 0 Å². The molecular weight excluding hydrogens is 285 g/mol. The van der Waals surface area contributed by atoms with Crippen LogP contribution in [0.15, 0.2) is 37.8 Å². The number of nitrogens with one attached hydrogen (secondary N) is 2. The summed E-state index contributed by atoms with van der Waals surface area (Å²) in [5, 5.41) is 9.62. The molecule has 2 aromatic rings. The molecule has 9 heteroatoms. The third-order valence-electron chi connectivity index (χ3n) is 2.39. The molecule has 0 fully saturated rings. The summed E-state index contributed by atoms with van der Waals surface area (Å²) in [4.78, 5) is 26.0. The number of aromatic amines is 1. The maximum atomic E-state index is 13.8. The van der Waals surface area contributed by atoms with Gasteiger partial charge in [-0.15, -0.1) is 0 Å². The number of nitrogens with two attached hydrogens (primary N) is 1. The summed E-state index contributed by atoms with van der Waals surface area (Å²) < 4.78 is 15.1. The van der Waals surface area contributed by atoms with Crippen molar-refractivity contribution in [3.63, 3.8) is 0 Å². The molecule has 0 spiro atoms. The second-order valence-electron chi connectivity index (χ2n) is 3.86. The number of hydrogen-bond donors (Lipinski definition) is 3. The smallest absolute Gasteiger partial charge is 0.339 e. The van der Waals surface area contributed by atoms with Crippen LogP contribution in [0.3, 0.4) is 0 Å². The summed E-state index contributed by atoms with van der Waals surface area (Å²) in [6, 6.07) is 4.03. The van der Waals surface area contributed by atoms with Crippen LogP contribution in [0.2, 0.25) is 0 Å². The highest BCUT2D eigenvalue weighted by atomic mass is 32.2. The van der Waals surface area contributed by atoms with Crippen molar-refractivity contribution in [2.24, 2.45) is 12.8 Å². The average Bonchev–Trinajstić information content (AvgIpc) is 2.37. The number of halogens is 1. The zero-order valence-electron chi connectivity index (χ0n) is 10.3. The Morgan fingerprint density at radius 2 is 2.20 bits per heavy atom. The highest BCUT2D eigenvalue weighted by molar-refractivity contribution is 7.99. The van der Waals surface area contributed by atoms with Gasteiger partial charge in [-0.1, -0.05) is 0 Å². The minimum absolute atomic E-state index is 0.143. The number of hydrogen-bond acceptors (Lipinski definition) is 5. The van der Waals surface area contributed by atoms with Gasteiger partial charge in [-0.3, -0.25) is 24.8 Å². The first-order chi connectivity index (χ1) is 9.38. The fourth-order valence-electron chi connectivity index (χ4n) is 1.40. The van der Waals surface area contributed by atoms with E-state index in [0.29, 0.717) is 0 Å². The molecule has 0 atom stereocenters. The lowest BCUT2D eigenvalue weighted by atomic mass is 10.2. The molecule has 0 saturated heterocycles. The zero-order chi connectivity index (χ0) is 14.9. The van der Waals surface area contributed by atoms with Gasteiger partial charge in [0.2, 0.25) is 0 Å². The molecule has 0 amide bonds. The van der Waals surface area contributed by atoms with Gasteiger partial charge in [0.05, 0.1) is 4.90 Å². The first kappa shape index (κ1) is 14.0. The van der Waals surface area contributed by atoms with Gasteiger partial charge in [0.1, 0.15) is 11.7 Å². The Balaban J connectivity index is 2.40. The maximum Gasteiger partial charge on any atom is 0.339 e. The molecule has 0 unspecified atom stereocenters. The van der Waals surface area contributed by atoms with E-state index >= 15 is 0 Å². The van der Waals surface area contributed by atoms with Crippen LogP contribution in [0.5, 0.6) is 0 Å². The summed E-state index contributed by atoms with van der Waals surface area (Å²) >= 11 is 0.880. The molecule has 0 saturated carbocycles. The first-order valence-electron chi connectivity index (χ1n) is 5.37. The molecule has 4 N–H and O–H groups in total. The van der Waals surface area contributed by atoms with Gasteiger partial charge in [0, 0.05) is 12.6 Å². The molecule has 104 valence electrons. The SMILES string of the molecule is Cn1[nH]c(=O)c(=O)nc1Sc1ccc(C(=N)N)cc1F. The Morgan fingerprint density at radius 1 is 1.50 bits per heavy atom. The van der Waals surface area contributed by atoms with Crippen molar-refractivity contribution >= 4 is 17.6 Å². The van der Waals surface area contributed by atoms with Gasteiger partial charge >= 0.3 is 11.1 Å². The Kier molecular flexibility index (Phi) is 3.70. The van der Waals surface area contributed by atoms with Crippen LogP contribution in [-0.4, -0.2) is 20.6 Å².